The zero-order chi connectivity index (χ0) is 15.4. The molecule has 2 aromatic rings. The smallest absolute Gasteiger partial charge is 0.0956 e. The normalized spacial score (nSPS) is 11.3. The molecule has 114 valence electrons. The number of nitrogen functional groups attached to an aromatic ring is 1. The standard InChI is InChI=1S/C16H22BrN3O/c1-11(2)10-20(6-7-21-3)15-5-4-14(18)13-8-12(17)9-19-16(13)15/h4-5,8-9,11H,6-7,10,18H2,1-3H3. The summed E-state index contributed by atoms with van der Waals surface area (Å²) in [5.41, 5.74) is 8.89. The number of nitrogens with zero attached hydrogens (tertiary/aromatic N) is 2. The van der Waals surface area contributed by atoms with Crippen molar-refractivity contribution in [2.24, 2.45) is 5.92 Å². The number of anilines is 2. The van der Waals surface area contributed by atoms with Gasteiger partial charge in [-0.3, -0.25) is 4.98 Å². The Morgan fingerprint density at radius 1 is 1.38 bits per heavy atom. The second-order valence-corrected chi connectivity index (χ2v) is 6.47. The van der Waals surface area contributed by atoms with Crippen molar-refractivity contribution in [1.82, 2.24) is 4.98 Å². The highest BCUT2D eigenvalue weighted by molar-refractivity contribution is 9.10. The first-order chi connectivity index (χ1) is 10.0. The van der Waals surface area contributed by atoms with E-state index in [2.05, 4.69) is 45.7 Å². The van der Waals surface area contributed by atoms with Crippen LogP contribution in [-0.2, 0) is 4.74 Å². The lowest BCUT2D eigenvalue weighted by atomic mass is 10.1. The lowest BCUT2D eigenvalue weighted by molar-refractivity contribution is 0.204. The highest BCUT2D eigenvalue weighted by Crippen LogP contribution is 2.31. The summed E-state index contributed by atoms with van der Waals surface area (Å²) in [6, 6.07) is 6.02. The number of pyridine rings is 1. The topological polar surface area (TPSA) is 51.4 Å². The molecule has 0 amide bonds. The van der Waals surface area contributed by atoms with Crippen LogP contribution in [0.15, 0.2) is 28.9 Å². The first-order valence-electron chi connectivity index (χ1n) is 7.10. The van der Waals surface area contributed by atoms with Crippen LogP contribution in [0.1, 0.15) is 13.8 Å². The number of halogens is 1. The summed E-state index contributed by atoms with van der Waals surface area (Å²) in [5, 5.41) is 0.980. The van der Waals surface area contributed by atoms with Gasteiger partial charge in [-0.05, 0) is 40.0 Å². The predicted molar refractivity (Wildman–Crippen MR) is 92.8 cm³/mol. The van der Waals surface area contributed by atoms with E-state index in [1.54, 1.807) is 7.11 Å². The molecule has 0 saturated carbocycles. The molecule has 0 radical (unpaired) electrons. The van der Waals surface area contributed by atoms with Crippen molar-refractivity contribution in [1.29, 1.82) is 0 Å². The summed E-state index contributed by atoms with van der Waals surface area (Å²) in [6.45, 7) is 6.91. The first kappa shape index (κ1) is 16.0. The number of hydrogen-bond donors (Lipinski definition) is 1. The van der Waals surface area contributed by atoms with Gasteiger partial charge >= 0.3 is 0 Å². The van der Waals surface area contributed by atoms with Gasteiger partial charge in [-0.1, -0.05) is 13.8 Å². The van der Waals surface area contributed by atoms with Gasteiger partial charge in [0.2, 0.25) is 0 Å². The van der Waals surface area contributed by atoms with Crippen LogP contribution in [-0.4, -0.2) is 31.8 Å². The van der Waals surface area contributed by atoms with Gasteiger partial charge in [0, 0.05) is 41.9 Å². The fourth-order valence-corrected chi connectivity index (χ4v) is 2.74. The fraction of sp³-hybridized carbons (Fsp3) is 0.438. The van der Waals surface area contributed by atoms with E-state index in [0.29, 0.717) is 12.5 Å². The molecule has 0 aliphatic rings. The average Bonchev–Trinajstić information content (AvgIpc) is 2.44. The Balaban J connectivity index is 2.49. The summed E-state index contributed by atoms with van der Waals surface area (Å²) in [5.74, 6) is 0.560. The van der Waals surface area contributed by atoms with E-state index in [-0.39, 0.29) is 0 Å². The SMILES string of the molecule is COCCN(CC(C)C)c1ccc(N)c2cc(Br)cnc12. The largest absolute Gasteiger partial charge is 0.398 e. The van der Waals surface area contributed by atoms with Crippen LogP contribution >= 0.6 is 15.9 Å². The zero-order valence-corrected chi connectivity index (χ0v) is 14.4. The van der Waals surface area contributed by atoms with E-state index in [1.807, 2.05) is 18.3 Å². The van der Waals surface area contributed by atoms with E-state index >= 15 is 0 Å². The molecular weight excluding hydrogens is 330 g/mol. The molecular formula is C16H22BrN3O. The van der Waals surface area contributed by atoms with Crippen LogP contribution in [0.3, 0.4) is 0 Å². The van der Waals surface area contributed by atoms with Crippen molar-refractivity contribution in [2.45, 2.75) is 13.8 Å². The summed E-state index contributed by atoms with van der Waals surface area (Å²) in [6.07, 6.45) is 1.81. The number of fused-ring (bicyclic) bond motifs is 1. The Morgan fingerprint density at radius 3 is 2.81 bits per heavy atom. The van der Waals surface area contributed by atoms with Gasteiger partial charge in [0.1, 0.15) is 0 Å². The molecule has 0 saturated heterocycles. The van der Waals surface area contributed by atoms with Gasteiger partial charge in [0.05, 0.1) is 17.8 Å². The quantitative estimate of drug-likeness (QED) is 0.806. The molecule has 1 aromatic heterocycles. The van der Waals surface area contributed by atoms with Gasteiger partial charge in [0.15, 0.2) is 0 Å². The Bertz CT molecular complexity index is 616. The maximum absolute atomic E-state index is 6.09. The Labute approximate surface area is 134 Å². The third-order valence-corrected chi connectivity index (χ3v) is 3.75. The van der Waals surface area contributed by atoms with Crippen molar-refractivity contribution in [3.8, 4) is 0 Å². The highest BCUT2D eigenvalue weighted by atomic mass is 79.9. The maximum Gasteiger partial charge on any atom is 0.0956 e. The molecule has 1 heterocycles. The van der Waals surface area contributed by atoms with Crippen LogP contribution in [0.5, 0.6) is 0 Å². The lowest BCUT2D eigenvalue weighted by Crippen LogP contribution is -2.31. The minimum absolute atomic E-state index is 0.560. The monoisotopic (exact) mass is 351 g/mol. The van der Waals surface area contributed by atoms with E-state index in [0.717, 1.165) is 39.8 Å². The number of nitrogens with two attached hydrogens (primary N) is 1. The predicted octanol–water partition coefficient (Wildman–Crippen LogP) is 3.69. The minimum atomic E-state index is 0.560. The fourth-order valence-electron chi connectivity index (χ4n) is 2.41. The molecule has 0 unspecified atom stereocenters. The van der Waals surface area contributed by atoms with E-state index in [1.165, 1.54) is 0 Å². The van der Waals surface area contributed by atoms with Crippen LogP contribution in [0, 0.1) is 5.92 Å². The van der Waals surface area contributed by atoms with Gasteiger partial charge in [-0.25, -0.2) is 0 Å². The number of rotatable bonds is 6. The molecule has 0 bridgehead atoms. The van der Waals surface area contributed by atoms with Gasteiger partial charge in [-0.2, -0.15) is 0 Å². The van der Waals surface area contributed by atoms with Gasteiger partial charge in [0.25, 0.3) is 0 Å². The second kappa shape index (κ2) is 7.09. The molecule has 2 rings (SSSR count). The maximum atomic E-state index is 6.09. The molecule has 0 spiro atoms. The van der Waals surface area contributed by atoms with Crippen LogP contribution < -0.4 is 10.6 Å². The van der Waals surface area contributed by atoms with Crippen molar-refractivity contribution in [2.75, 3.05) is 37.4 Å². The average molecular weight is 352 g/mol. The Kier molecular flexibility index (Phi) is 5.42. The second-order valence-electron chi connectivity index (χ2n) is 5.56. The van der Waals surface area contributed by atoms with Gasteiger partial charge in [-0.15, -0.1) is 0 Å². The van der Waals surface area contributed by atoms with Crippen molar-refractivity contribution < 1.29 is 4.74 Å². The molecule has 4 nitrogen and oxygen atoms in total. The molecule has 0 fully saturated rings. The van der Waals surface area contributed by atoms with Crippen LogP contribution in [0.25, 0.3) is 10.9 Å². The first-order valence-corrected chi connectivity index (χ1v) is 7.90. The third-order valence-electron chi connectivity index (χ3n) is 3.32. The summed E-state index contributed by atoms with van der Waals surface area (Å²) >= 11 is 3.46. The molecule has 0 aliphatic carbocycles. The number of benzene rings is 1. The van der Waals surface area contributed by atoms with E-state index < -0.39 is 0 Å². The van der Waals surface area contributed by atoms with E-state index in [4.69, 9.17) is 10.5 Å². The summed E-state index contributed by atoms with van der Waals surface area (Å²) < 4.78 is 6.17. The van der Waals surface area contributed by atoms with E-state index in [9.17, 15) is 0 Å². The molecule has 0 atom stereocenters. The Hall–Kier alpha value is -1.33. The minimum Gasteiger partial charge on any atom is -0.398 e. The van der Waals surface area contributed by atoms with Crippen molar-refractivity contribution >= 4 is 38.2 Å². The van der Waals surface area contributed by atoms with Crippen LogP contribution in [0.4, 0.5) is 11.4 Å². The third kappa shape index (κ3) is 3.86. The number of hydrogen-bond acceptors (Lipinski definition) is 4. The molecule has 5 heteroatoms. The highest BCUT2D eigenvalue weighted by Gasteiger charge is 2.14. The number of ether oxygens (including phenoxy) is 1. The summed E-state index contributed by atoms with van der Waals surface area (Å²) in [4.78, 5) is 6.88. The molecule has 21 heavy (non-hydrogen) atoms. The van der Waals surface area contributed by atoms with Crippen molar-refractivity contribution in [3.05, 3.63) is 28.9 Å². The molecule has 1 aromatic carbocycles. The van der Waals surface area contributed by atoms with Gasteiger partial charge < -0.3 is 15.4 Å². The van der Waals surface area contributed by atoms with Crippen molar-refractivity contribution in [3.63, 3.8) is 0 Å². The lowest BCUT2D eigenvalue weighted by Gasteiger charge is -2.27. The Morgan fingerprint density at radius 2 is 2.14 bits per heavy atom. The zero-order valence-electron chi connectivity index (χ0n) is 12.8. The number of methoxy groups -OCH3 is 1. The van der Waals surface area contributed by atoms with Crippen LogP contribution in [0.2, 0.25) is 0 Å². The molecule has 2 N–H and O–H groups in total. The number of aromatic nitrogens is 1. The summed E-state index contributed by atoms with van der Waals surface area (Å²) in [7, 11) is 1.73. The molecule has 0 aliphatic heterocycles.